The number of benzene rings is 1. The molecule has 1 saturated carbocycles. The number of halogens is 1. The average Bonchev–Trinajstić information content (AvgIpc) is 2.84. The number of nitrogens with one attached hydrogen (secondary N) is 1. The fraction of sp³-hybridized carbons (Fsp3) is 0.364. The van der Waals surface area contributed by atoms with Crippen LogP contribution in [0.4, 0.5) is 5.69 Å². The maximum Gasteiger partial charge on any atom is 0.103 e. The fourth-order valence-corrected chi connectivity index (χ4v) is 1.60. The Hall–Kier alpha value is -1.20. The van der Waals surface area contributed by atoms with Gasteiger partial charge in [0.25, 0.3) is 0 Å². The second-order valence-corrected chi connectivity index (χ2v) is 4.37. The first kappa shape index (κ1) is 9.36. The van der Waals surface area contributed by atoms with Crippen LogP contribution in [0.5, 0.6) is 0 Å². The van der Waals surface area contributed by atoms with Gasteiger partial charge in [-0.25, -0.2) is 0 Å². The fourth-order valence-electron chi connectivity index (χ4n) is 1.38. The zero-order valence-corrected chi connectivity index (χ0v) is 8.73. The zero-order valence-electron chi connectivity index (χ0n) is 7.97. The Morgan fingerprint density at radius 1 is 1.50 bits per heavy atom. The largest absolute Gasteiger partial charge is 0.379 e. The minimum atomic E-state index is 0.177. The lowest BCUT2D eigenvalue weighted by atomic mass is 10.1. The smallest absolute Gasteiger partial charge is 0.103 e. The van der Waals surface area contributed by atoms with Crippen LogP contribution in [0.25, 0.3) is 0 Å². The molecule has 3 heteroatoms. The number of nitrogens with zero attached hydrogens (tertiary/aromatic N) is 1. The van der Waals surface area contributed by atoms with Crippen LogP contribution in [-0.4, -0.2) is 5.54 Å². The second kappa shape index (κ2) is 3.18. The molecule has 14 heavy (non-hydrogen) atoms. The van der Waals surface area contributed by atoms with Crippen LogP contribution < -0.4 is 5.32 Å². The Balaban J connectivity index is 2.33. The Morgan fingerprint density at radius 2 is 2.21 bits per heavy atom. The summed E-state index contributed by atoms with van der Waals surface area (Å²) in [7, 11) is 0. The van der Waals surface area contributed by atoms with E-state index in [9.17, 15) is 0 Å². The third kappa shape index (κ3) is 1.69. The lowest BCUT2D eigenvalue weighted by molar-refractivity contribution is 0.829. The molecule has 0 radical (unpaired) electrons. The van der Waals surface area contributed by atoms with E-state index in [1.807, 2.05) is 12.1 Å². The summed E-state index contributed by atoms with van der Waals surface area (Å²) in [6.45, 7) is 2.15. The molecule has 0 atom stereocenters. The van der Waals surface area contributed by atoms with Gasteiger partial charge in [-0.15, -0.1) is 0 Å². The summed E-state index contributed by atoms with van der Waals surface area (Å²) in [4.78, 5) is 0. The van der Waals surface area contributed by atoms with Crippen molar-refractivity contribution in [3.05, 3.63) is 28.8 Å². The van der Waals surface area contributed by atoms with Crippen molar-refractivity contribution in [1.29, 1.82) is 5.26 Å². The maximum atomic E-state index is 8.94. The zero-order chi connectivity index (χ0) is 10.2. The van der Waals surface area contributed by atoms with Crippen molar-refractivity contribution >= 4 is 17.3 Å². The molecule has 1 aromatic rings. The van der Waals surface area contributed by atoms with E-state index < -0.39 is 0 Å². The topological polar surface area (TPSA) is 35.8 Å². The van der Waals surface area contributed by atoms with Crippen molar-refractivity contribution in [3.63, 3.8) is 0 Å². The highest BCUT2D eigenvalue weighted by Crippen LogP contribution is 2.39. The summed E-state index contributed by atoms with van der Waals surface area (Å²) in [6, 6.07) is 7.61. The predicted molar refractivity (Wildman–Crippen MR) is 57.4 cm³/mol. The van der Waals surface area contributed by atoms with Crippen molar-refractivity contribution in [2.24, 2.45) is 0 Å². The maximum absolute atomic E-state index is 8.94. The Kier molecular flexibility index (Phi) is 2.13. The lowest BCUT2D eigenvalue weighted by Crippen LogP contribution is -2.16. The molecule has 0 amide bonds. The highest BCUT2D eigenvalue weighted by molar-refractivity contribution is 6.32. The number of hydrogen-bond donors (Lipinski definition) is 1. The van der Waals surface area contributed by atoms with Gasteiger partial charge in [0, 0.05) is 5.54 Å². The SMILES string of the molecule is CC1(Nc2cccc(Cl)c2C#N)CC1. The normalized spacial score (nSPS) is 17.2. The summed E-state index contributed by atoms with van der Waals surface area (Å²) in [6.07, 6.45) is 2.31. The van der Waals surface area contributed by atoms with E-state index in [1.165, 1.54) is 0 Å². The minimum Gasteiger partial charge on any atom is -0.379 e. The molecule has 0 aromatic heterocycles. The summed E-state index contributed by atoms with van der Waals surface area (Å²) in [5.41, 5.74) is 1.57. The molecular weight excluding hydrogens is 196 g/mol. The van der Waals surface area contributed by atoms with Gasteiger partial charge in [0.2, 0.25) is 0 Å². The van der Waals surface area contributed by atoms with E-state index >= 15 is 0 Å². The van der Waals surface area contributed by atoms with Crippen LogP contribution in [0.1, 0.15) is 25.3 Å². The standard InChI is InChI=1S/C11H11ClN2/c1-11(5-6-11)14-10-4-2-3-9(12)8(10)7-13/h2-4,14H,5-6H2,1H3. The van der Waals surface area contributed by atoms with Crippen LogP contribution >= 0.6 is 11.6 Å². The number of anilines is 1. The van der Waals surface area contributed by atoms with Crippen molar-refractivity contribution in [3.8, 4) is 6.07 Å². The quantitative estimate of drug-likeness (QED) is 0.807. The Bertz CT molecular complexity index is 402. The van der Waals surface area contributed by atoms with E-state index in [4.69, 9.17) is 16.9 Å². The van der Waals surface area contributed by atoms with Gasteiger partial charge in [0.05, 0.1) is 16.3 Å². The molecule has 1 aliphatic rings. The molecule has 1 N–H and O–H groups in total. The van der Waals surface area contributed by atoms with Gasteiger partial charge in [-0.1, -0.05) is 17.7 Å². The van der Waals surface area contributed by atoms with Crippen LogP contribution in [0.15, 0.2) is 18.2 Å². The number of hydrogen-bond acceptors (Lipinski definition) is 2. The Labute approximate surface area is 88.5 Å². The first-order chi connectivity index (χ1) is 6.64. The molecule has 2 nitrogen and oxygen atoms in total. The average molecular weight is 207 g/mol. The molecular formula is C11H11ClN2. The van der Waals surface area contributed by atoms with Crippen molar-refractivity contribution in [2.45, 2.75) is 25.3 Å². The molecule has 1 aliphatic carbocycles. The molecule has 0 bridgehead atoms. The first-order valence-corrected chi connectivity index (χ1v) is 4.99. The molecule has 72 valence electrons. The highest BCUT2D eigenvalue weighted by atomic mass is 35.5. The van der Waals surface area contributed by atoms with E-state index in [1.54, 1.807) is 6.07 Å². The van der Waals surface area contributed by atoms with Gasteiger partial charge in [0.15, 0.2) is 0 Å². The molecule has 1 fully saturated rings. The Morgan fingerprint density at radius 3 is 2.79 bits per heavy atom. The number of nitriles is 1. The van der Waals surface area contributed by atoms with Gasteiger partial charge < -0.3 is 5.32 Å². The monoisotopic (exact) mass is 206 g/mol. The van der Waals surface area contributed by atoms with Crippen molar-refractivity contribution < 1.29 is 0 Å². The third-order valence-corrected chi connectivity index (χ3v) is 2.88. The molecule has 0 heterocycles. The van der Waals surface area contributed by atoms with Gasteiger partial charge in [-0.05, 0) is 31.9 Å². The van der Waals surface area contributed by atoms with Crippen molar-refractivity contribution in [2.75, 3.05) is 5.32 Å². The molecule has 2 rings (SSSR count). The highest BCUT2D eigenvalue weighted by Gasteiger charge is 2.37. The van der Waals surface area contributed by atoms with E-state index in [2.05, 4.69) is 18.3 Å². The number of rotatable bonds is 2. The van der Waals surface area contributed by atoms with Crippen LogP contribution in [-0.2, 0) is 0 Å². The molecule has 0 saturated heterocycles. The lowest BCUT2D eigenvalue weighted by Gasteiger charge is -2.14. The molecule has 0 aliphatic heterocycles. The first-order valence-electron chi connectivity index (χ1n) is 4.61. The summed E-state index contributed by atoms with van der Waals surface area (Å²) in [5, 5.41) is 12.8. The van der Waals surface area contributed by atoms with Gasteiger partial charge in [0.1, 0.15) is 6.07 Å². The summed E-state index contributed by atoms with van der Waals surface area (Å²) in [5.74, 6) is 0. The second-order valence-electron chi connectivity index (χ2n) is 3.96. The molecule has 1 aromatic carbocycles. The van der Waals surface area contributed by atoms with E-state index in [0.29, 0.717) is 10.6 Å². The summed E-state index contributed by atoms with van der Waals surface area (Å²) >= 11 is 5.92. The van der Waals surface area contributed by atoms with Gasteiger partial charge in [-0.3, -0.25) is 0 Å². The minimum absolute atomic E-state index is 0.177. The summed E-state index contributed by atoms with van der Waals surface area (Å²) < 4.78 is 0. The van der Waals surface area contributed by atoms with Gasteiger partial charge >= 0.3 is 0 Å². The third-order valence-electron chi connectivity index (χ3n) is 2.56. The van der Waals surface area contributed by atoms with E-state index in [-0.39, 0.29) is 5.54 Å². The van der Waals surface area contributed by atoms with Crippen LogP contribution in [0.3, 0.4) is 0 Å². The predicted octanol–water partition coefficient (Wildman–Crippen LogP) is 3.18. The van der Waals surface area contributed by atoms with Gasteiger partial charge in [-0.2, -0.15) is 5.26 Å². The molecule has 0 unspecified atom stereocenters. The van der Waals surface area contributed by atoms with Crippen LogP contribution in [0.2, 0.25) is 5.02 Å². The van der Waals surface area contributed by atoms with E-state index in [0.717, 1.165) is 18.5 Å². The molecule has 0 spiro atoms. The van der Waals surface area contributed by atoms with Crippen LogP contribution in [0, 0.1) is 11.3 Å². The van der Waals surface area contributed by atoms with Crippen molar-refractivity contribution in [1.82, 2.24) is 0 Å².